The molecule has 4 rings (SSSR count). The van der Waals surface area contributed by atoms with Crippen molar-refractivity contribution < 1.29 is 4.79 Å². The fourth-order valence-corrected chi connectivity index (χ4v) is 4.44. The van der Waals surface area contributed by atoms with Crippen molar-refractivity contribution in [2.24, 2.45) is 0 Å². The molecule has 0 saturated heterocycles. The summed E-state index contributed by atoms with van der Waals surface area (Å²) in [6.45, 7) is 0.650. The maximum atomic E-state index is 12.3. The van der Waals surface area contributed by atoms with E-state index in [0.717, 1.165) is 30.2 Å². The largest absolute Gasteiger partial charge is 0.351 e. The highest BCUT2D eigenvalue weighted by atomic mass is 32.1. The van der Waals surface area contributed by atoms with Crippen molar-refractivity contribution in [2.75, 3.05) is 6.54 Å². The summed E-state index contributed by atoms with van der Waals surface area (Å²) in [5, 5.41) is 5.23. The van der Waals surface area contributed by atoms with Crippen LogP contribution >= 0.6 is 11.3 Å². The zero-order valence-electron chi connectivity index (χ0n) is 14.1. The molecule has 0 radical (unpaired) electrons. The van der Waals surface area contributed by atoms with Gasteiger partial charge in [0.2, 0.25) is 0 Å². The number of pyridine rings is 1. The zero-order chi connectivity index (χ0) is 17.1. The van der Waals surface area contributed by atoms with Crippen LogP contribution in [0.1, 0.15) is 45.3 Å². The first-order valence-corrected chi connectivity index (χ1v) is 9.73. The third-order valence-electron chi connectivity index (χ3n) is 4.57. The molecule has 0 unspecified atom stereocenters. The number of hydrogen-bond donors (Lipinski definition) is 1. The lowest BCUT2D eigenvalue weighted by atomic mass is 10.0. The molecule has 0 fully saturated rings. The number of para-hydroxylation sites is 1. The Balaban J connectivity index is 1.30. The molecule has 0 saturated carbocycles. The van der Waals surface area contributed by atoms with Gasteiger partial charge in [-0.1, -0.05) is 24.3 Å². The van der Waals surface area contributed by atoms with Crippen LogP contribution in [0.25, 0.3) is 10.9 Å². The molecule has 4 nitrogen and oxygen atoms in total. The summed E-state index contributed by atoms with van der Waals surface area (Å²) in [5.41, 5.74) is 2.64. The van der Waals surface area contributed by atoms with Crippen LogP contribution in [0, 0.1) is 0 Å². The lowest BCUT2D eigenvalue weighted by Gasteiger charge is -2.06. The molecule has 1 aliphatic rings. The van der Waals surface area contributed by atoms with Crippen LogP contribution in [-0.4, -0.2) is 22.4 Å². The van der Waals surface area contributed by atoms with Crippen molar-refractivity contribution in [1.82, 2.24) is 15.3 Å². The highest BCUT2D eigenvalue weighted by molar-refractivity contribution is 7.11. The van der Waals surface area contributed by atoms with Crippen LogP contribution in [-0.2, 0) is 19.3 Å². The van der Waals surface area contributed by atoms with Crippen molar-refractivity contribution in [2.45, 2.75) is 38.5 Å². The smallest absolute Gasteiger partial charge is 0.269 e. The summed E-state index contributed by atoms with van der Waals surface area (Å²) < 4.78 is 0. The third-order valence-corrected chi connectivity index (χ3v) is 5.79. The Bertz CT molecular complexity index is 879. The van der Waals surface area contributed by atoms with Crippen molar-refractivity contribution >= 4 is 28.1 Å². The number of hydrogen-bond acceptors (Lipinski definition) is 4. The maximum absolute atomic E-state index is 12.3. The summed E-state index contributed by atoms with van der Waals surface area (Å²) in [6, 6.07) is 11.6. The van der Waals surface area contributed by atoms with Crippen LogP contribution in [0.5, 0.6) is 0 Å². The van der Waals surface area contributed by atoms with Crippen LogP contribution in [0.2, 0.25) is 0 Å². The lowest BCUT2D eigenvalue weighted by Crippen LogP contribution is -2.25. The van der Waals surface area contributed by atoms with Crippen molar-refractivity contribution in [3.05, 3.63) is 57.7 Å². The maximum Gasteiger partial charge on any atom is 0.269 e. The predicted octanol–water partition coefficient (Wildman–Crippen LogP) is 3.93. The van der Waals surface area contributed by atoms with Crippen LogP contribution in [0.15, 0.2) is 36.4 Å². The number of amides is 1. The molecule has 0 bridgehead atoms. The Kier molecular flexibility index (Phi) is 4.74. The summed E-state index contributed by atoms with van der Waals surface area (Å²) in [4.78, 5) is 22.9. The van der Waals surface area contributed by atoms with Crippen molar-refractivity contribution in [1.29, 1.82) is 0 Å². The van der Waals surface area contributed by atoms with Gasteiger partial charge in [-0.3, -0.25) is 4.79 Å². The van der Waals surface area contributed by atoms with E-state index in [-0.39, 0.29) is 5.91 Å². The minimum Gasteiger partial charge on any atom is -0.351 e. The highest BCUT2D eigenvalue weighted by Crippen LogP contribution is 2.27. The number of carbonyl (C=O) groups is 1. The molecule has 2 aromatic heterocycles. The molecular weight excluding hydrogens is 330 g/mol. The molecule has 1 aromatic carbocycles. The Morgan fingerprint density at radius 1 is 1.08 bits per heavy atom. The second kappa shape index (κ2) is 7.31. The van der Waals surface area contributed by atoms with E-state index in [1.54, 1.807) is 6.07 Å². The fraction of sp³-hybridized carbons (Fsp3) is 0.350. The molecule has 0 aliphatic heterocycles. The number of nitrogens with one attached hydrogen (secondary N) is 1. The molecule has 2 heterocycles. The zero-order valence-corrected chi connectivity index (χ0v) is 14.9. The Morgan fingerprint density at radius 2 is 1.96 bits per heavy atom. The second-order valence-electron chi connectivity index (χ2n) is 6.43. The fourth-order valence-electron chi connectivity index (χ4n) is 3.24. The van der Waals surface area contributed by atoms with Gasteiger partial charge in [0, 0.05) is 23.2 Å². The van der Waals surface area contributed by atoms with Crippen molar-refractivity contribution in [3.8, 4) is 0 Å². The summed E-state index contributed by atoms with van der Waals surface area (Å²) in [6.07, 6.45) is 6.73. The minimum atomic E-state index is -0.107. The molecule has 1 N–H and O–H groups in total. The SMILES string of the molecule is O=C(NCCCc1nc2c(s1)CCCC2)c1ccc2ccccc2n1. The average Bonchev–Trinajstić information content (AvgIpc) is 3.07. The third kappa shape index (κ3) is 3.71. The van der Waals surface area contributed by atoms with Gasteiger partial charge in [-0.15, -0.1) is 11.3 Å². The van der Waals surface area contributed by atoms with E-state index in [1.165, 1.54) is 34.8 Å². The Hall–Kier alpha value is -2.27. The van der Waals surface area contributed by atoms with Gasteiger partial charge in [-0.05, 0) is 44.2 Å². The van der Waals surface area contributed by atoms with Crippen LogP contribution in [0.4, 0.5) is 0 Å². The summed E-state index contributed by atoms with van der Waals surface area (Å²) in [5.74, 6) is -0.107. The number of thiazole rings is 1. The van der Waals surface area contributed by atoms with E-state index in [0.29, 0.717) is 12.2 Å². The molecule has 1 amide bonds. The molecule has 128 valence electrons. The quantitative estimate of drug-likeness (QED) is 0.709. The van der Waals surface area contributed by atoms with E-state index in [2.05, 4.69) is 10.3 Å². The van der Waals surface area contributed by atoms with E-state index in [9.17, 15) is 4.79 Å². The standard InChI is InChI=1S/C20H21N3OS/c24-20(17-12-11-14-6-1-2-7-15(14)22-17)21-13-5-10-19-23-16-8-3-4-9-18(16)25-19/h1-2,6-7,11-12H,3-5,8-10,13H2,(H,21,24). The average molecular weight is 351 g/mol. The number of benzene rings is 1. The number of fused-ring (bicyclic) bond motifs is 2. The van der Waals surface area contributed by atoms with Gasteiger partial charge < -0.3 is 5.32 Å². The highest BCUT2D eigenvalue weighted by Gasteiger charge is 2.15. The molecule has 3 aromatic rings. The summed E-state index contributed by atoms with van der Waals surface area (Å²) >= 11 is 1.86. The van der Waals surface area contributed by atoms with E-state index < -0.39 is 0 Å². The molecular formula is C20H21N3OS. The molecule has 5 heteroatoms. The summed E-state index contributed by atoms with van der Waals surface area (Å²) in [7, 11) is 0. The second-order valence-corrected chi connectivity index (χ2v) is 7.60. The van der Waals surface area contributed by atoms with Crippen LogP contribution < -0.4 is 5.32 Å². The van der Waals surface area contributed by atoms with Crippen LogP contribution in [0.3, 0.4) is 0 Å². The lowest BCUT2D eigenvalue weighted by molar-refractivity contribution is 0.0948. The van der Waals surface area contributed by atoms with Gasteiger partial charge in [-0.2, -0.15) is 0 Å². The normalized spacial score (nSPS) is 13.6. The molecule has 0 spiro atoms. The van der Waals surface area contributed by atoms with Gasteiger partial charge in [0.1, 0.15) is 5.69 Å². The van der Waals surface area contributed by atoms with Gasteiger partial charge in [0.25, 0.3) is 5.91 Å². The number of carbonyl (C=O) groups excluding carboxylic acids is 1. The topological polar surface area (TPSA) is 54.9 Å². The Morgan fingerprint density at radius 3 is 2.88 bits per heavy atom. The van der Waals surface area contributed by atoms with E-state index in [4.69, 9.17) is 4.98 Å². The number of aryl methyl sites for hydroxylation is 3. The first-order valence-electron chi connectivity index (χ1n) is 8.91. The Labute approximate surface area is 151 Å². The number of aromatic nitrogens is 2. The first-order chi connectivity index (χ1) is 12.3. The van der Waals surface area contributed by atoms with Crippen molar-refractivity contribution in [3.63, 3.8) is 0 Å². The number of rotatable bonds is 5. The van der Waals surface area contributed by atoms with E-state index >= 15 is 0 Å². The van der Waals surface area contributed by atoms with Gasteiger partial charge in [0.15, 0.2) is 0 Å². The monoisotopic (exact) mass is 351 g/mol. The van der Waals surface area contributed by atoms with Gasteiger partial charge in [-0.25, -0.2) is 9.97 Å². The number of nitrogens with zero attached hydrogens (tertiary/aromatic N) is 2. The van der Waals surface area contributed by atoms with E-state index in [1.807, 2.05) is 41.7 Å². The molecule has 1 aliphatic carbocycles. The molecule has 0 atom stereocenters. The van der Waals surface area contributed by atoms with Gasteiger partial charge in [0.05, 0.1) is 16.2 Å². The minimum absolute atomic E-state index is 0.107. The predicted molar refractivity (Wildman–Crippen MR) is 101 cm³/mol. The first kappa shape index (κ1) is 16.2. The van der Waals surface area contributed by atoms with Gasteiger partial charge >= 0.3 is 0 Å². The molecule has 25 heavy (non-hydrogen) atoms.